The first-order valence-electron chi connectivity index (χ1n) is 6.19. The van der Waals surface area contributed by atoms with Gasteiger partial charge in [0.1, 0.15) is 11.2 Å². The second-order valence-electron chi connectivity index (χ2n) is 4.22. The van der Waals surface area contributed by atoms with Gasteiger partial charge in [-0.1, -0.05) is 6.92 Å². The molecule has 0 aliphatic heterocycles. The molecule has 0 bridgehead atoms. The molecule has 0 radical (unpaired) electrons. The summed E-state index contributed by atoms with van der Waals surface area (Å²) in [6.07, 6.45) is 5.94. The minimum Gasteiger partial charge on any atom is -0.382 e. The quantitative estimate of drug-likeness (QED) is 0.771. The third-order valence-corrected chi connectivity index (χ3v) is 2.89. The Kier molecular flexibility index (Phi) is 2.83. The minimum absolute atomic E-state index is 0.384. The molecule has 0 saturated carbocycles. The first-order chi connectivity index (χ1) is 9.31. The molecule has 3 aromatic heterocycles. The number of nitrogen functional groups attached to an aromatic ring is 1. The van der Waals surface area contributed by atoms with Crippen molar-refractivity contribution in [3.8, 4) is 11.5 Å². The Balaban J connectivity index is 2.28. The molecule has 0 aromatic carbocycles. The molecule has 3 aromatic rings. The topological polar surface area (TPSA) is 82.5 Å². The van der Waals surface area contributed by atoms with E-state index in [0.29, 0.717) is 11.5 Å². The van der Waals surface area contributed by atoms with Crippen molar-refractivity contribution in [1.29, 1.82) is 0 Å². The van der Waals surface area contributed by atoms with E-state index in [1.807, 2.05) is 16.7 Å². The van der Waals surface area contributed by atoms with Crippen LogP contribution in [0.25, 0.3) is 22.7 Å². The molecule has 0 aliphatic carbocycles. The van der Waals surface area contributed by atoms with Crippen LogP contribution in [0.15, 0.2) is 30.7 Å². The van der Waals surface area contributed by atoms with Crippen LogP contribution in [-0.4, -0.2) is 24.5 Å². The minimum atomic E-state index is 0.384. The van der Waals surface area contributed by atoms with Crippen LogP contribution in [0.2, 0.25) is 0 Å². The molecule has 2 N–H and O–H groups in total. The summed E-state index contributed by atoms with van der Waals surface area (Å²) in [5.74, 6) is 1.11. The summed E-state index contributed by atoms with van der Waals surface area (Å²) in [6, 6.07) is 3.81. The number of imidazole rings is 1. The van der Waals surface area contributed by atoms with Crippen molar-refractivity contribution in [2.45, 2.75) is 19.9 Å². The molecule has 0 spiro atoms. The Hall–Kier alpha value is -2.50. The number of aromatic nitrogens is 5. The van der Waals surface area contributed by atoms with Crippen LogP contribution < -0.4 is 5.73 Å². The zero-order valence-electron chi connectivity index (χ0n) is 10.6. The highest BCUT2D eigenvalue weighted by Crippen LogP contribution is 2.24. The largest absolute Gasteiger partial charge is 0.382 e. The molecule has 6 heteroatoms. The maximum Gasteiger partial charge on any atom is 0.164 e. The average Bonchev–Trinajstić information content (AvgIpc) is 2.79. The summed E-state index contributed by atoms with van der Waals surface area (Å²) in [4.78, 5) is 17.3. The fourth-order valence-corrected chi connectivity index (χ4v) is 2.10. The van der Waals surface area contributed by atoms with E-state index in [0.717, 1.165) is 30.0 Å². The van der Waals surface area contributed by atoms with E-state index >= 15 is 0 Å². The van der Waals surface area contributed by atoms with Crippen molar-refractivity contribution in [3.63, 3.8) is 0 Å². The lowest BCUT2D eigenvalue weighted by atomic mass is 10.3. The molecule has 0 atom stereocenters. The van der Waals surface area contributed by atoms with Crippen molar-refractivity contribution < 1.29 is 0 Å². The lowest BCUT2D eigenvalue weighted by molar-refractivity contribution is 0.697. The van der Waals surface area contributed by atoms with E-state index in [-0.39, 0.29) is 0 Å². The average molecular weight is 254 g/mol. The van der Waals surface area contributed by atoms with Crippen LogP contribution >= 0.6 is 0 Å². The monoisotopic (exact) mass is 254 g/mol. The number of hydrogen-bond donors (Lipinski definition) is 1. The van der Waals surface area contributed by atoms with Crippen molar-refractivity contribution in [3.05, 3.63) is 30.7 Å². The third kappa shape index (κ3) is 1.91. The van der Waals surface area contributed by atoms with Gasteiger partial charge in [0.05, 0.1) is 0 Å². The van der Waals surface area contributed by atoms with E-state index in [4.69, 9.17) is 5.73 Å². The molecule has 3 rings (SSSR count). The van der Waals surface area contributed by atoms with Crippen LogP contribution in [-0.2, 0) is 6.54 Å². The molecule has 0 amide bonds. The van der Waals surface area contributed by atoms with Crippen LogP contribution in [0.5, 0.6) is 0 Å². The van der Waals surface area contributed by atoms with Gasteiger partial charge in [0.15, 0.2) is 17.3 Å². The van der Waals surface area contributed by atoms with E-state index < -0.39 is 0 Å². The van der Waals surface area contributed by atoms with Crippen molar-refractivity contribution >= 4 is 17.0 Å². The fourth-order valence-electron chi connectivity index (χ4n) is 2.10. The molecule has 0 aliphatic rings. The molecule has 19 heavy (non-hydrogen) atoms. The van der Waals surface area contributed by atoms with Gasteiger partial charge in [-0.05, 0) is 18.6 Å². The molecule has 6 nitrogen and oxygen atoms in total. The van der Waals surface area contributed by atoms with Crippen LogP contribution in [0.1, 0.15) is 13.3 Å². The predicted molar refractivity (Wildman–Crippen MR) is 73.3 cm³/mol. The maximum absolute atomic E-state index is 5.89. The number of nitrogens with two attached hydrogens (primary N) is 1. The van der Waals surface area contributed by atoms with Gasteiger partial charge in [-0.3, -0.25) is 0 Å². The number of pyridine rings is 1. The van der Waals surface area contributed by atoms with Gasteiger partial charge >= 0.3 is 0 Å². The van der Waals surface area contributed by atoms with Gasteiger partial charge in [0.25, 0.3) is 0 Å². The highest BCUT2D eigenvalue weighted by atomic mass is 15.1. The number of rotatable bonds is 3. The first-order valence-corrected chi connectivity index (χ1v) is 6.19. The smallest absolute Gasteiger partial charge is 0.164 e. The lowest BCUT2D eigenvalue weighted by Crippen LogP contribution is -2.04. The van der Waals surface area contributed by atoms with Gasteiger partial charge in [-0.15, -0.1) is 0 Å². The van der Waals surface area contributed by atoms with E-state index in [9.17, 15) is 0 Å². The van der Waals surface area contributed by atoms with Crippen molar-refractivity contribution in [1.82, 2.24) is 24.5 Å². The predicted octanol–water partition coefficient (Wildman–Crippen LogP) is 1.88. The SMILES string of the molecule is CCCn1c(-c2nccnc2N)nc2cccnc21. The zero-order valence-corrected chi connectivity index (χ0v) is 10.6. The number of anilines is 1. The molecule has 0 fully saturated rings. The van der Waals surface area contributed by atoms with E-state index in [2.05, 4.69) is 26.9 Å². The molecule has 0 unspecified atom stereocenters. The molecule has 3 heterocycles. The zero-order chi connectivity index (χ0) is 13.2. The first kappa shape index (κ1) is 11.6. The molecule has 96 valence electrons. The number of aryl methyl sites for hydroxylation is 1. The second-order valence-corrected chi connectivity index (χ2v) is 4.22. The Morgan fingerprint density at radius 3 is 2.79 bits per heavy atom. The number of hydrogen-bond acceptors (Lipinski definition) is 5. The van der Waals surface area contributed by atoms with Crippen LogP contribution in [0, 0.1) is 0 Å². The summed E-state index contributed by atoms with van der Waals surface area (Å²) < 4.78 is 2.04. The van der Waals surface area contributed by atoms with Crippen molar-refractivity contribution in [2.24, 2.45) is 0 Å². The second kappa shape index (κ2) is 4.64. The molecular formula is C13H14N6. The van der Waals surface area contributed by atoms with Gasteiger partial charge < -0.3 is 10.3 Å². The van der Waals surface area contributed by atoms with Gasteiger partial charge in [-0.25, -0.2) is 19.9 Å². The Labute approximate surface area is 110 Å². The maximum atomic E-state index is 5.89. The number of nitrogens with zero attached hydrogens (tertiary/aromatic N) is 5. The van der Waals surface area contributed by atoms with Crippen LogP contribution in [0.4, 0.5) is 5.82 Å². The summed E-state index contributed by atoms with van der Waals surface area (Å²) in [7, 11) is 0. The lowest BCUT2D eigenvalue weighted by Gasteiger charge is -2.07. The Morgan fingerprint density at radius 2 is 2.00 bits per heavy atom. The van der Waals surface area contributed by atoms with Gasteiger partial charge in [-0.2, -0.15) is 0 Å². The highest BCUT2D eigenvalue weighted by molar-refractivity contribution is 5.78. The van der Waals surface area contributed by atoms with Gasteiger partial charge in [0, 0.05) is 25.1 Å². The molecular weight excluding hydrogens is 240 g/mol. The van der Waals surface area contributed by atoms with E-state index in [1.165, 1.54) is 0 Å². The van der Waals surface area contributed by atoms with Crippen molar-refractivity contribution in [2.75, 3.05) is 5.73 Å². The summed E-state index contributed by atoms with van der Waals surface area (Å²) in [5.41, 5.74) is 8.19. The van der Waals surface area contributed by atoms with E-state index in [1.54, 1.807) is 18.6 Å². The Bertz CT molecular complexity index is 718. The highest BCUT2D eigenvalue weighted by Gasteiger charge is 2.16. The summed E-state index contributed by atoms with van der Waals surface area (Å²) in [6.45, 7) is 2.93. The summed E-state index contributed by atoms with van der Waals surface area (Å²) in [5, 5.41) is 0. The van der Waals surface area contributed by atoms with Gasteiger partial charge in [0.2, 0.25) is 0 Å². The summed E-state index contributed by atoms with van der Waals surface area (Å²) >= 11 is 0. The standard InChI is InChI=1S/C13H14N6/c1-2-8-19-12-9(4-3-5-17-12)18-13(19)10-11(14)16-7-6-15-10/h3-7H,2,8H2,1H3,(H2,14,16). The fraction of sp³-hybridized carbons (Fsp3) is 0.231. The normalized spacial score (nSPS) is 11.0. The third-order valence-electron chi connectivity index (χ3n) is 2.89. The molecule has 0 saturated heterocycles. The number of fused-ring (bicyclic) bond motifs is 1. The van der Waals surface area contributed by atoms with Crippen LogP contribution in [0.3, 0.4) is 0 Å². The Morgan fingerprint density at radius 1 is 1.16 bits per heavy atom.